The van der Waals surface area contributed by atoms with Crippen molar-refractivity contribution in [2.24, 2.45) is 0 Å². The Kier molecular flexibility index (Phi) is 32.9. The fourth-order valence-electron chi connectivity index (χ4n) is 5.26. The van der Waals surface area contributed by atoms with Crippen LogP contribution in [0.3, 0.4) is 0 Å². The molecule has 0 heterocycles. The average Bonchev–Trinajstić information content (AvgIpc) is 3.08. The maximum atomic E-state index is 12.7. The van der Waals surface area contributed by atoms with E-state index >= 15 is 0 Å². The van der Waals surface area contributed by atoms with Crippen LogP contribution in [0.5, 0.6) is 0 Å². The quantitative estimate of drug-likeness (QED) is 0.0224. The average molecular weight is 723 g/mol. The molecule has 0 fully saturated rings. The van der Waals surface area contributed by atoms with Gasteiger partial charge in [-0.3, -0.25) is 9.59 Å². The molecule has 0 saturated carbocycles. The van der Waals surface area contributed by atoms with Crippen molar-refractivity contribution >= 4 is 17.9 Å². The Morgan fingerprint density at radius 1 is 0.608 bits per heavy atom. The summed E-state index contributed by atoms with van der Waals surface area (Å²) in [6, 6.07) is 0. The zero-order chi connectivity index (χ0) is 37.8. The van der Waals surface area contributed by atoms with Crippen LogP contribution in [0.1, 0.15) is 155 Å². The molecule has 1 N–H and O–H groups in total. The third kappa shape index (κ3) is 35.7. The molecule has 0 aliphatic rings. The van der Waals surface area contributed by atoms with Crippen LogP contribution in [0, 0.1) is 0 Å². The second-order valence-corrected chi connectivity index (χ2v) is 14.6. The van der Waals surface area contributed by atoms with E-state index in [4.69, 9.17) is 18.9 Å². The summed E-state index contributed by atoms with van der Waals surface area (Å²) in [6.07, 6.45) is 33.5. The summed E-state index contributed by atoms with van der Waals surface area (Å²) in [6.45, 7) is 4.71. The van der Waals surface area contributed by atoms with Crippen molar-refractivity contribution < 1.29 is 42.9 Å². The first-order chi connectivity index (χ1) is 24.6. The van der Waals surface area contributed by atoms with E-state index in [9.17, 15) is 19.5 Å². The van der Waals surface area contributed by atoms with Gasteiger partial charge in [-0.2, -0.15) is 0 Å². The van der Waals surface area contributed by atoms with Crippen molar-refractivity contribution in [3.8, 4) is 0 Å². The van der Waals surface area contributed by atoms with Gasteiger partial charge in [0.2, 0.25) is 0 Å². The Labute approximate surface area is 311 Å². The molecule has 0 radical (unpaired) electrons. The van der Waals surface area contributed by atoms with Crippen LogP contribution in [-0.2, 0) is 33.3 Å². The highest BCUT2D eigenvalue weighted by atomic mass is 16.7. The third-order valence-electron chi connectivity index (χ3n) is 8.41. The summed E-state index contributed by atoms with van der Waals surface area (Å²) in [5.41, 5.74) is 0. The molecule has 0 aromatic carbocycles. The maximum absolute atomic E-state index is 12.7. The fourth-order valence-corrected chi connectivity index (χ4v) is 5.26. The minimum absolute atomic E-state index is 0.185. The molecule has 2 unspecified atom stereocenters. The first-order valence-electron chi connectivity index (χ1n) is 20.2. The fraction of sp³-hybridized carbons (Fsp3) is 0.786. The third-order valence-corrected chi connectivity index (χ3v) is 8.41. The Morgan fingerprint density at radius 2 is 1.12 bits per heavy atom. The van der Waals surface area contributed by atoms with Gasteiger partial charge in [-0.25, -0.2) is 4.79 Å². The molecule has 0 rings (SSSR count). The number of hydrogen-bond acceptors (Lipinski definition) is 7. The van der Waals surface area contributed by atoms with Crippen LogP contribution < -0.4 is 0 Å². The van der Waals surface area contributed by atoms with Crippen molar-refractivity contribution in [3.05, 3.63) is 36.5 Å². The molecular weight excluding hydrogens is 646 g/mol. The maximum Gasteiger partial charge on any atom is 0.361 e. The standard InChI is InChI=1S/C42H75NO8/c1-6-8-10-12-14-16-17-18-19-20-21-22-23-25-27-29-31-33-40(45)51-38(37-50-42(41(46)47)48-35-34-43(3,4)5)36-49-39(44)32-30-28-26-24-15-13-11-9-7-2/h8,10,14,16,18-19,38,42H,6-7,9,11-13,15,17,20-37H2,1-5H3/p+1/b10-8-,16-14-,19-18-. The molecule has 0 aliphatic carbocycles. The monoisotopic (exact) mass is 723 g/mol. The minimum Gasteiger partial charge on any atom is -0.477 e. The van der Waals surface area contributed by atoms with Gasteiger partial charge >= 0.3 is 17.9 Å². The normalized spacial score (nSPS) is 13.4. The van der Waals surface area contributed by atoms with E-state index in [0.717, 1.165) is 64.2 Å². The molecule has 0 aromatic heterocycles. The first kappa shape index (κ1) is 48.5. The number of aliphatic carboxylic acids is 1. The van der Waals surface area contributed by atoms with Crippen LogP contribution >= 0.6 is 0 Å². The molecule has 0 aliphatic heterocycles. The van der Waals surface area contributed by atoms with Crippen LogP contribution in [0.2, 0.25) is 0 Å². The number of likely N-dealkylation sites (N-methyl/N-ethyl adjacent to an activating group) is 1. The number of carbonyl (C=O) groups is 3. The summed E-state index contributed by atoms with van der Waals surface area (Å²) in [7, 11) is 5.94. The number of nitrogens with zero attached hydrogens (tertiary/aromatic N) is 1. The molecule has 2 atom stereocenters. The lowest BCUT2D eigenvalue weighted by molar-refractivity contribution is -0.870. The predicted molar refractivity (Wildman–Crippen MR) is 207 cm³/mol. The molecule has 0 amide bonds. The summed E-state index contributed by atoms with van der Waals surface area (Å²) in [5.74, 6) is -2.03. The molecular formula is C42H76NO8+. The predicted octanol–water partition coefficient (Wildman–Crippen LogP) is 9.88. The number of esters is 2. The Balaban J connectivity index is 4.48. The van der Waals surface area contributed by atoms with Gasteiger partial charge in [-0.1, -0.05) is 134 Å². The summed E-state index contributed by atoms with van der Waals surface area (Å²) < 4.78 is 22.6. The number of unbranched alkanes of at least 4 members (excludes halogenated alkanes) is 15. The van der Waals surface area contributed by atoms with Crippen LogP contribution in [0.15, 0.2) is 36.5 Å². The van der Waals surface area contributed by atoms with E-state index in [1.165, 1.54) is 57.8 Å². The van der Waals surface area contributed by atoms with Crippen molar-refractivity contribution in [3.63, 3.8) is 0 Å². The van der Waals surface area contributed by atoms with Gasteiger partial charge in [0, 0.05) is 12.8 Å². The smallest absolute Gasteiger partial charge is 0.361 e. The lowest BCUT2D eigenvalue weighted by Gasteiger charge is -2.25. The molecule has 0 saturated heterocycles. The van der Waals surface area contributed by atoms with Gasteiger partial charge < -0.3 is 28.5 Å². The highest BCUT2D eigenvalue weighted by Crippen LogP contribution is 2.13. The van der Waals surface area contributed by atoms with Crippen molar-refractivity contribution in [2.45, 2.75) is 167 Å². The zero-order valence-corrected chi connectivity index (χ0v) is 33.3. The lowest BCUT2D eigenvalue weighted by Crippen LogP contribution is -2.40. The number of hydrogen-bond donors (Lipinski definition) is 1. The van der Waals surface area contributed by atoms with E-state index in [1.807, 2.05) is 21.1 Å². The van der Waals surface area contributed by atoms with E-state index < -0.39 is 24.3 Å². The summed E-state index contributed by atoms with van der Waals surface area (Å²) in [4.78, 5) is 36.9. The molecule has 296 valence electrons. The second-order valence-electron chi connectivity index (χ2n) is 14.6. The summed E-state index contributed by atoms with van der Waals surface area (Å²) >= 11 is 0. The Bertz CT molecular complexity index is 940. The van der Waals surface area contributed by atoms with Crippen molar-refractivity contribution in [1.82, 2.24) is 0 Å². The number of allylic oxidation sites excluding steroid dienone is 6. The van der Waals surface area contributed by atoms with Gasteiger partial charge in [0.15, 0.2) is 6.10 Å². The molecule has 9 heteroatoms. The highest BCUT2D eigenvalue weighted by Gasteiger charge is 2.25. The SMILES string of the molecule is CC/C=C\C/C=C\C/C=C\CCCCCCCCCC(=O)OC(COC(=O)CCCCCCCCCCC)COC(OCC[N+](C)(C)C)C(=O)O. The number of carboxylic acids is 1. The first-order valence-corrected chi connectivity index (χ1v) is 20.2. The molecule has 51 heavy (non-hydrogen) atoms. The van der Waals surface area contributed by atoms with E-state index in [-0.39, 0.29) is 32.2 Å². The Morgan fingerprint density at radius 3 is 1.67 bits per heavy atom. The van der Waals surface area contributed by atoms with E-state index in [2.05, 4.69) is 50.3 Å². The van der Waals surface area contributed by atoms with Gasteiger partial charge in [0.1, 0.15) is 13.2 Å². The second kappa shape index (κ2) is 34.6. The van der Waals surface area contributed by atoms with E-state index in [1.54, 1.807) is 0 Å². The van der Waals surface area contributed by atoms with Gasteiger partial charge in [-0.15, -0.1) is 0 Å². The summed E-state index contributed by atoms with van der Waals surface area (Å²) in [5, 5.41) is 9.59. The van der Waals surface area contributed by atoms with Gasteiger partial charge in [0.25, 0.3) is 6.29 Å². The highest BCUT2D eigenvalue weighted by molar-refractivity contribution is 5.71. The molecule has 0 aromatic rings. The van der Waals surface area contributed by atoms with Gasteiger partial charge in [0.05, 0.1) is 34.4 Å². The van der Waals surface area contributed by atoms with Gasteiger partial charge in [-0.05, 0) is 44.9 Å². The number of carbonyl (C=O) groups excluding carboxylic acids is 2. The number of carboxylic acid groups (broad SMARTS) is 1. The van der Waals surface area contributed by atoms with Crippen molar-refractivity contribution in [2.75, 3.05) is 47.5 Å². The molecule has 0 bridgehead atoms. The minimum atomic E-state index is -1.51. The largest absolute Gasteiger partial charge is 0.477 e. The number of ether oxygens (including phenoxy) is 4. The van der Waals surface area contributed by atoms with Crippen LogP contribution in [0.25, 0.3) is 0 Å². The lowest BCUT2D eigenvalue weighted by atomic mass is 10.1. The Hall–Kier alpha value is -2.49. The van der Waals surface area contributed by atoms with E-state index in [0.29, 0.717) is 23.9 Å². The molecule has 9 nitrogen and oxygen atoms in total. The topological polar surface area (TPSA) is 108 Å². The zero-order valence-electron chi connectivity index (χ0n) is 33.3. The number of rotatable bonds is 36. The molecule has 0 spiro atoms. The van der Waals surface area contributed by atoms with Crippen molar-refractivity contribution in [1.29, 1.82) is 0 Å². The van der Waals surface area contributed by atoms with Crippen LogP contribution in [-0.4, -0.2) is 87.4 Å². The number of quaternary nitrogens is 1. The van der Waals surface area contributed by atoms with Crippen LogP contribution in [0.4, 0.5) is 0 Å².